The molecule has 204 valence electrons. The Kier molecular flexibility index (Phi) is 8.72. The fourth-order valence-corrected chi connectivity index (χ4v) is 10.00. The van der Waals surface area contributed by atoms with E-state index in [0.29, 0.717) is 34.5 Å². The van der Waals surface area contributed by atoms with Crippen LogP contribution in [-0.2, 0) is 4.74 Å². The maximum Gasteiger partial charge on any atom is 0.0626 e. The van der Waals surface area contributed by atoms with Crippen LogP contribution in [0.25, 0.3) is 0 Å². The monoisotopic (exact) mass is 490 g/mol. The molecule has 0 aliphatic heterocycles. The third-order valence-corrected chi connectivity index (χ3v) is 12.1. The van der Waals surface area contributed by atoms with Gasteiger partial charge in [0.2, 0.25) is 0 Å². The van der Waals surface area contributed by atoms with E-state index in [-0.39, 0.29) is 17.8 Å². The lowest BCUT2D eigenvalue weighted by atomic mass is 9.43. The van der Waals surface area contributed by atoms with Gasteiger partial charge in [0.15, 0.2) is 0 Å². The highest BCUT2D eigenvalue weighted by atomic mass is 16.5. The lowest BCUT2D eigenvalue weighted by Crippen LogP contribution is -2.58. The summed E-state index contributed by atoms with van der Waals surface area (Å²) in [6, 6.07) is 0. The van der Waals surface area contributed by atoms with Crippen molar-refractivity contribution in [2.24, 2.45) is 46.3 Å². The fraction of sp³-hybridized carbons (Fsp3) is 1.00. The maximum atomic E-state index is 11.5. The van der Waals surface area contributed by atoms with E-state index >= 15 is 0 Å². The summed E-state index contributed by atoms with van der Waals surface area (Å²) < 4.78 is 6.23. The molecule has 0 aromatic heterocycles. The summed E-state index contributed by atoms with van der Waals surface area (Å²) in [6.07, 6.45) is 16.4. The molecule has 4 fully saturated rings. The summed E-state index contributed by atoms with van der Waals surface area (Å²) in [4.78, 5) is 0. The normalized spacial score (nSPS) is 44.4. The molecule has 4 rings (SSSR count). The quantitative estimate of drug-likeness (QED) is 0.308. The first-order valence-corrected chi connectivity index (χ1v) is 15.5. The number of hydrogen-bond donors (Lipinski definition) is 2. The van der Waals surface area contributed by atoms with Gasteiger partial charge in [-0.05, 0) is 124 Å². The summed E-state index contributed by atoms with van der Waals surface area (Å²) in [5.74, 6) is 3.89. The van der Waals surface area contributed by atoms with Gasteiger partial charge in [-0.15, -0.1) is 0 Å². The molecule has 0 bridgehead atoms. The second kappa shape index (κ2) is 10.9. The Morgan fingerprint density at radius 1 is 0.914 bits per heavy atom. The van der Waals surface area contributed by atoms with Crippen LogP contribution in [0, 0.1) is 46.3 Å². The van der Waals surface area contributed by atoms with Crippen molar-refractivity contribution in [3.63, 3.8) is 0 Å². The summed E-state index contributed by atoms with van der Waals surface area (Å²) in [6.45, 7) is 15.4. The summed E-state index contributed by atoms with van der Waals surface area (Å²) in [5.41, 5.74) is 0.724. The molecular weight excluding hydrogens is 432 g/mol. The summed E-state index contributed by atoms with van der Waals surface area (Å²) >= 11 is 0. The van der Waals surface area contributed by atoms with Crippen molar-refractivity contribution in [1.29, 1.82) is 0 Å². The Labute approximate surface area is 217 Å². The SMILES string of the molecule is CCCCCOC(C)(C)CCC[C@@H](C)[C@H]1CC[C@H]2[C@@H]3[C@H](O)CC4C[C@H](O)CC[C@]4(C)[C@H]3CC[C@]12C. The third kappa shape index (κ3) is 5.53. The molecule has 0 heterocycles. The van der Waals surface area contributed by atoms with Crippen molar-refractivity contribution >= 4 is 0 Å². The van der Waals surface area contributed by atoms with E-state index in [4.69, 9.17) is 4.74 Å². The zero-order chi connectivity index (χ0) is 25.4. The van der Waals surface area contributed by atoms with Crippen LogP contribution in [0.5, 0.6) is 0 Å². The number of fused-ring (bicyclic) bond motifs is 5. The molecule has 10 atom stereocenters. The first kappa shape index (κ1) is 27.9. The van der Waals surface area contributed by atoms with Crippen LogP contribution < -0.4 is 0 Å². The number of aliphatic hydroxyl groups excluding tert-OH is 2. The maximum absolute atomic E-state index is 11.5. The second-order valence-electron chi connectivity index (χ2n) is 14.6. The van der Waals surface area contributed by atoms with Crippen LogP contribution >= 0.6 is 0 Å². The number of hydrogen-bond acceptors (Lipinski definition) is 3. The van der Waals surface area contributed by atoms with Crippen LogP contribution in [0.4, 0.5) is 0 Å². The molecule has 0 aromatic rings. The van der Waals surface area contributed by atoms with Gasteiger partial charge in [0.05, 0.1) is 17.8 Å². The highest BCUT2D eigenvalue weighted by molar-refractivity contribution is 5.11. The molecule has 4 saturated carbocycles. The number of unbranched alkanes of at least 4 members (excludes halogenated alkanes) is 2. The van der Waals surface area contributed by atoms with Crippen LogP contribution in [0.3, 0.4) is 0 Å². The van der Waals surface area contributed by atoms with Crippen LogP contribution in [0.1, 0.15) is 131 Å². The van der Waals surface area contributed by atoms with E-state index in [1.807, 2.05) is 0 Å². The van der Waals surface area contributed by atoms with Gasteiger partial charge in [-0.25, -0.2) is 0 Å². The van der Waals surface area contributed by atoms with Crippen LogP contribution in [0.2, 0.25) is 0 Å². The topological polar surface area (TPSA) is 49.7 Å². The Hall–Kier alpha value is -0.120. The molecule has 35 heavy (non-hydrogen) atoms. The highest BCUT2D eigenvalue weighted by Crippen LogP contribution is 2.68. The Balaban J connectivity index is 1.35. The molecule has 0 saturated heterocycles. The van der Waals surface area contributed by atoms with Gasteiger partial charge in [0.25, 0.3) is 0 Å². The lowest BCUT2D eigenvalue weighted by Gasteiger charge is -2.62. The van der Waals surface area contributed by atoms with Crippen molar-refractivity contribution < 1.29 is 14.9 Å². The Bertz CT molecular complexity index is 690. The van der Waals surface area contributed by atoms with Gasteiger partial charge in [0, 0.05) is 6.61 Å². The van der Waals surface area contributed by atoms with Gasteiger partial charge in [-0.3, -0.25) is 0 Å². The Morgan fingerprint density at radius 3 is 2.37 bits per heavy atom. The zero-order valence-electron chi connectivity index (χ0n) is 24.0. The van der Waals surface area contributed by atoms with Gasteiger partial charge < -0.3 is 14.9 Å². The minimum atomic E-state index is -0.160. The van der Waals surface area contributed by atoms with Crippen molar-refractivity contribution in [2.45, 2.75) is 149 Å². The minimum absolute atomic E-state index is 0.000595. The molecule has 4 aliphatic carbocycles. The van der Waals surface area contributed by atoms with Gasteiger partial charge >= 0.3 is 0 Å². The second-order valence-corrected chi connectivity index (χ2v) is 14.6. The molecule has 3 nitrogen and oxygen atoms in total. The van der Waals surface area contributed by atoms with E-state index < -0.39 is 0 Å². The zero-order valence-corrected chi connectivity index (χ0v) is 24.0. The largest absolute Gasteiger partial charge is 0.393 e. The molecule has 0 amide bonds. The van der Waals surface area contributed by atoms with E-state index in [2.05, 4.69) is 41.5 Å². The van der Waals surface area contributed by atoms with E-state index in [1.54, 1.807) is 0 Å². The van der Waals surface area contributed by atoms with Gasteiger partial charge in [-0.2, -0.15) is 0 Å². The van der Waals surface area contributed by atoms with Crippen molar-refractivity contribution in [2.75, 3.05) is 6.61 Å². The molecule has 2 N–H and O–H groups in total. The molecule has 1 unspecified atom stereocenters. The fourth-order valence-electron chi connectivity index (χ4n) is 10.00. The van der Waals surface area contributed by atoms with E-state index in [9.17, 15) is 10.2 Å². The number of aliphatic hydroxyl groups is 2. The smallest absolute Gasteiger partial charge is 0.0626 e. The predicted octanol–water partition coefficient (Wildman–Crippen LogP) is 7.77. The average Bonchev–Trinajstić information content (AvgIpc) is 3.15. The summed E-state index contributed by atoms with van der Waals surface area (Å²) in [5, 5.41) is 21.8. The van der Waals surface area contributed by atoms with Gasteiger partial charge in [-0.1, -0.05) is 53.4 Å². The predicted molar refractivity (Wildman–Crippen MR) is 145 cm³/mol. The van der Waals surface area contributed by atoms with Crippen molar-refractivity contribution in [1.82, 2.24) is 0 Å². The standard InChI is InChI=1S/C32H58O3/c1-7-8-9-19-35-30(3,4)16-10-11-22(2)25-12-13-26-29-27(15-18-32(25,26)6)31(5)17-14-24(33)20-23(31)21-28(29)34/h22-29,33-34H,7-21H2,1-6H3/t22-,23?,24-,25-,26+,27+,28-,29+,31+,32-/m1/s1. The molecule has 0 spiro atoms. The third-order valence-electron chi connectivity index (χ3n) is 12.1. The van der Waals surface area contributed by atoms with E-state index in [0.717, 1.165) is 50.5 Å². The lowest BCUT2D eigenvalue weighted by molar-refractivity contribution is -0.174. The van der Waals surface area contributed by atoms with Gasteiger partial charge in [0.1, 0.15) is 0 Å². The molecule has 0 radical (unpaired) electrons. The van der Waals surface area contributed by atoms with E-state index in [1.165, 1.54) is 57.8 Å². The first-order valence-electron chi connectivity index (χ1n) is 15.5. The first-order chi connectivity index (χ1) is 16.5. The number of ether oxygens (including phenoxy) is 1. The highest BCUT2D eigenvalue weighted by Gasteiger charge is 2.62. The minimum Gasteiger partial charge on any atom is -0.393 e. The molecule has 4 aliphatic rings. The molecule has 0 aromatic carbocycles. The Morgan fingerprint density at radius 2 is 1.63 bits per heavy atom. The van der Waals surface area contributed by atoms with Crippen molar-refractivity contribution in [3.05, 3.63) is 0 Å². The molecular formula is C32H58O3. The average molecular weight is 491 g/mol. The van der Waals surface area contributed by atoms with Crippen molar-refractivity contribution in [3.8, 4) is 0 Å². The molecule has 3 heteroatoms. The van der Waals surface area contributed by atoms with Crippen LogP contribution in [0.15, 0.2) is 0 Å². The number of rotatable bonds is 10. The van der Waals surface area contributed by atoms with Crippen LogP contribution in [-0.4, -0.2) is 34.6 Å². The summed E-state index contributed by atoms with van der Waals surface area (Å²) in [7, 11) is 0.